The van der Waals surface area contributed by atoms with E-state index in [-0.39, 0.29) is 16.4 Å². The van der Waals surface area contributed by atoms with Gasteiger partial charge < -0.3 is 10.6 Å². The number of carbonyl (C=O) groups excluding carboxylic acids is 2. The minimum atomic E-state index is -3.82. The molecule has 0 spiro atoms. The fourth-order valence-electron chi connectivity index (χ4n) is 4.15. The van der Waals surface area contributed by atoms with Crippen molar-refractivity contribution in [2.45, 2.75) is 11.3 Å². The number of anilines is 3. The summed E-state index contributed by atoms with van der Waals surface area (Å²) in [7, 11) is -3.82. The Balaban J connectivity index is 1.32. The number of nitrogens with one attached hydrogen (secondary N) is 2. The van der Waals surface area contributed by atoms with Crippen LogP contribution in [0.25, 0.3) is 0 Å². The van der Waals surface area contributed by atoms with Crippen LogP contribution in [0, 0.1) is 0 Å². The maximum atomic E-state index is 13.3. The van der Waals surface area contributed by atoms with E-state index in [4.69, 9.17) is 0 Å². The monoisotopic (exact) mass is 497 g/mol. The fourth-order valence-corrected chi connectivity index (χ4v) is 5.70. The van der Waals surface area contributed by atoms with Gasteiger partial charge in [0, 0.05) is 29.0 Å². The van der Waals surface area contributed by atoms with Gasteiger partial charge in [0.05, 0.1) is 10.6 Å². The molecule has 4 aromatic rings. The predicted octanol–water partition coefficient (Wildman–Crippen LogP) is 4.94. The van der Waals surface area contributed by atoms with Crippen molar-refractivity contribution < 1.29 is 18.0 Å². The molecule has 1 heterocycles. The van der Waals surface area contributed by atoms with Crippen molar-refractivity contribution in [3.8, 4) is 0 Å². The molecule has 0 atom stereocenters. The summed E-state index contributed by atoms with van der Waals surface area (Å²) in [5, 5.41) is 5.58. The SMILES string of the molecule is O=C(Nc1cccc(NC(=O)c2cccc(S(=O)(=O)N3CCc4ccccc43)c2)c1)c1ccccc1. The Kier molecular flexibility index (Phi) is 6.26. The average molecular weight is 498 g/mol. The second-order valence-corrected chi connectivity index (χ2v) is 10.2. The zero-order valence-electron chi connectivity index (χ0n) is 19.2. The number of fused-ring (bicyclic) bond motifs is 1. The topological polar surface area (TPSA) is 95.6 Å². The molecule has 0 radical (unpaired) electrons. The van der Waals surface area contributed by atoms with Crippen LogP contribution in [0.15, 0.2) is 108 Å². The lowest BCUT2D eigenvalue weighted by Gasteiger charge is -2.20. The molecule has 2 N–H and O–H groups in total. The van der Waals surface area contributed by atoms with E-state index in [2.05, 4.69) is 10.6 Å². The van der Waals surface area contributed by atoms with Gasteiger partial charge in [-0.1, -0.05) is 48.5 Å². The van der Waals surface area contributed by atoms with E-state index in [1.165, 1.54) is 16.4 Å². The summed E-state index contributed by atoms with van der Waals surface area (Å²) in [5.74, 6) is -0.721. The van der Waals surface area contributed by atoms with Crippen LogP contribution in [0.5, 0.6) is 0 Å². The molecule has 0 fully saturated rings. The Morgan fingerprint density at radius 1 is 0.667 bits per heavy atom. The van der Waals surface area contributed by atoms with Gasteiger partial charge in [-0.15, -0.1) is 0 Å². The van der Waals surface area contributed by atoms with Crippen LogP contribution in [0.1, 0.15) is 26.3 Å². The molecule has 0 saturated carbocycles. The normalized spacial score (nSPS) is 12.6. The van der Waals surface area contributed by atoms with E-state index in [1.807, 2.05) is 24.3 Å². The summed E-state index contributed by atoms with van der Waals surface area (Å²) < 4.78 is 28.1. The highest BCUT2D eigenvalue weighted by Gasteiger charge is 2.31. The molecule has 7 nitrogen and oxygen atoms in total. The molecule has 8 heteroatoms. The lowest BCUT2D eigenvalue weighted by molar-refractivity contribution is 0.101. The number of carbonyl (C=O) groups is 2. The first-order valence-electron chi connectivity index (χ1n) is 11.4. The van der Waals surface area contributed by atoms with Gasteiger partial charge in [0.15, 0.2) is 0 Å². The molecule has 0 aliphatic carbocycles. The van der Waals surface area contributed by atoms with Gasteiger partial charge in [0.1, 0.15) is 0 Å². The molecular formula is C28H23N3O4S. The van der Waals surface area contributed by atoms with Crippen molar-refractivity contribution in [3.05, 3.63) is 120 Å². The molecule has 36 heavy (non-hydrogen) atoms. The Hall–Kier alpha value is -4.43. The van der Waals surface area contributed by atoms with Gasteiger partial charge in [-0.05, 0) is 66.6 Å². The van der Waals surface area contributed by atoms with Crippen LogP contribution in [0.3, 0.4) is 0 Å². The summed E-state index contributed by atoms with van der Waals surface area (Å²) in [6.45, 7) is 0.361. The zero-order chi connectivity index (χ0) is 25.1. The molecular weight excluding hydrogens is 474 g/mol. The highest BCUT2D eigenvalue weighted by Crippen LogP contribution is 2.32. The average Bonchev–Trinajstić information content (AvgIpc) is 3.35. The number of rotatable bonds is 6. The molecule has 2 amide bonds. The Morgan fingerprint density at radius 2 is 1.28 bits per heavy atom. The van der Waals surface area contributed by atoms with E-state index in [9.17, 15) is 18.0 Å². The second kappa shape index (κ2) is 9.67. The third-order valence-corrected chi connectivity index (χ3v) is 7.75. The standard InChI is InChI=1S/C28H23N3O4S/c32-27(21-9-2-1-3-10-21)29-23-12-7-13-24(19-23)30-28(33)22-11-6-14-25(18-22)36(34,35)31-17-16-20-8-4-5-15-26(20)31/h1-15,18-19H,16-17H2,(H,29,32)(H,30,33). The van der Waals surface area contributed by atoms with Gasteiger partial charge in [-0.2, -0.15) is 0 Å². The minimum absolute atomic E-state index is 0.0516. The highest BCUT2D eigenvalue weighted by molar-refractivity contribution is 7.92. The summed E-state index contributed by atoms with van der Waals surface area (Å²) in [4.78, 5) is 25.4. The van der Waals surface area contributed by atoms with E-state index >= 15 is 0 Å². The lowest BCUT2D eigenvalue weighted by Crippen LogP contribution is -2.29. The number of nitrogens with zero attached hydrogens (tertiary/aromatic N) is 1. The van der Waals surface area contributed by atoms with Gasteiger partial charge in [-0.3, -0.25) is 13.9 Å². The number of benzene rings is 4. The number of para-hydroxylation sites is 1. The number of hydrogen-bond donors (Lipinski definition) is 2. The number of sulfonamides is 1. The summed E-state index contributed by atoms with van der Waals surface area (Å²) in [6, 6.07) is 29.0. The van der Waals surface area contributed by atoms with Crippen LogP contribution >= 0.6 is 0 Å². The summed E-state index contributed by atoms with van der Waals surface area (Å²) >= 11 is 0. The Bertz CT molecular complexity index is 1550. The van der Waals surface area contributed by atoms with Crippen LogP contribution in [-0.2, 0) is 16.4 Å². The second-order valence-electron chi connectivity index (χ2n) is 8.34. The van der Waals surface area contributed by atoms with Gasteiger partial charge in [0.2, 0.25) is 0 Å². The van der Waals surface area contributed by atoms with Crippen molar-refractivity contribution in [2.24, 2.45) is 0 Å². The molecule has 1 aliphatic heterocycles. The van der Waals surface area contributed by atoms with Crippen molar-refractivity contribution in [2.75, 3.05) is 21.5 Å². The molecule has 1 aliphatic rings. The zero-order valence-corrected chi connectivity index (χ0v) is 20.0. The van der Waals surface area contributed by atoms with E-state index < -0.39 is 15.9 Å². The predicted molar refractivity (Wildman–Crippen MR) is 140 cm³/mol. The van der Waals surface area contributed by atoms with Gasteiger partial charge in [0.25, 0.3) is 21.8 Å². The largest absolute Gasteiger partial charge is 0.322 e. The Morgan fingerprint density at radius 3 is 2.03 bits per heavy atom. The van der Waals surface area contributed by atoms with Crippen molar-refractivity contribution >= 4 is 38.9 Å². The van der Waals surface area contributed by atoms with E-state index in [0.717, 1.165) is 5.56 Å². The number of hydrogen-bond acceptors (Lipinski definition) is 4. The minimum Gasteiger partial charge on any atom is -0.322 e. The smallest absolute Gasteiger partial charge is 0.264 e. The highest BCUT2D eigenvalue weighted by atomic mass is 32.2. The van der Waals surface area contributed by atoms with Crippen molar-refractivity contribution in [1.82, 2.24) is 0 Å². The maximum Gasteiger partial charge on any atom is 0.264 e. The van der Waals surface area contributed by atoms with Gasteiger partial charge in [-0.25, -0.2) is 8.42 Å². The molecule has 0 bridgehead atoms. The first kappa shape index (κ1) is 23.3. The van der Waals surface area contributed by atoms with Crippen LogP contribution in [-0.4, -0.2) is 26.8 Å². The molecule has 0 aromatic heterocycles. The molecule has 0 saturated heterocycles. The molecule has 0 unspecified atom stereocenters. The van der Waals surface area contributed by atoms with Crippen molar-refractivity contribution in [1.29, 1.82) is 0 Å². The van der Waals surface area contributed by atoms with E-state index in [0.29, 0.717) is 35.6 Å². The van der Waals surface area contributed by atoms with E-state index in [1.54, 1.807) is 66.7 Å². The van der Waals surface area contributed by atoms with Crippen LogP contribution in [0.2, 0.25) is 0 Å². The fraction of sp³-hybridized carbons (Fsp3) is 0.0714. The first-order valence-corrected chi connectivity index (χ1v) is 12.8. The van der Waals surface area contributed by atoms with Crippen LogP contribution < -0.4 is 14.9 Å². The third-order valence-electron chi connectivity index (χ3n) is 5.94. The number of amides is 2. The quantitative estimate of drug-likeness (QED) is 0.394. The maximum absolute atomic E-state index is 13.3. The first-order chi connectivity index (χ1) is 17.4. The molecule has 4 aromatic carbocycles. The molecule has 180 valence electrons. The summed E-state index contributed by atoms with van der Waals surface area (Å²) in [5.41, 5.74) is 3.36. The molecule has 5 rings (SSSR count). The van der Waals surface area contributed by atoms with Gasteiger partial charge >= 0.3 is 0 Å². The summed E-state index contributed by atoms with van der Waals surface area (Å²) in [6.07, 6.45) is 0.646. The Labute approximate surface area is 209 Å². The van der Waals surface area contributed by atoms with Crippen molar-refractivity contribution in [3.63, 3.8) is 0 Å². The third kappa shape index (κ3) is 4.71. The van der Waals surface area contributed by atoms with Crippen LogP contribution in [0.4, 0.5) is 17.1 Å². The lowest BCUT2D eigenvalue weighted by atomic mass is 10.2.